The third-order valence-electron chi connectivity index (χ3n) is 6.97. The number of aliphatic hydroxyl groups excluding tert-OH is 1. The molecule has 3 unspecified atom stereocenters. The van der Waals surface area contributed by atoms with Gasteiger partial charge in [-0.25, -0.2) is 0 Å². The van der Waals surface area contributed by atoms with Gasteiger partial charge in [-0.1, -0.05) is 66.7 Å². The molecule has 4 aromatic rings. The minimum atomic E-state index is -0.554. The fourth-order valence-electron chi connectivity index (χ4n) is 4.72. The number of benzene rings is 4. The van der Waals surface area contributed by atoms with E-state index >= 15 is 0 Å². The molecule has 1 heterocycles. The standard InChI is InChI=1S/C34H34N2O5S/c1-23(38)36-29-15-17-31(18-16-29)42-22-30-19-32(26-11-9-25(21-37)10-12-26)41-34(40-30)28-13-7-24(8-14-28)20-35-33(39)27-5-3-2-4-6-27/h2-18,30,32,34,37H,19-22H2,1H3,(H,35,39)(H,36,38). The normalized spacial score (nSPS) is 18.3. The van der Waals surface area contributed by atoms with Crippen LogP contribution in [0.1, 0.15) is 58.4 Å². The molecule has 4 aromatic carbocycles. The zero-order valence-corrected chi connectivity index (χ0v) is 24.2. The smallest absolute Gasteiger partial charge is 0.251 e. The van der Waals surface area contributed by atoms with Gasteiger partial charge in [0.1, 0.15) is 0 Å². The Kier molecular flexibility index (Phi) is 10.0. The summed E-state index contributed by atoms with van der Waals surface area (Å²) < 4.78 is 12.9. The maximum Gasteiger partial charge on any atom is 0.251 e. The van der Waals surface area contributed by atoms with Crippen molar-refractivity contribution in [3.63, 3.8) is 0 Å². The number of rotatable bonds is 10. The van der Waals surface area contributed by atoms with E-state index < -0.39 is 6.29 Å². The summed E-state index contributed by atoms with van der Waals surface area (Å²) in [5, 5.41) is 15.2. The predicted octanol–water partition coefficient (Wildman–Crippen LogP) is 6.41. The zero-order chi connectivity index (χ0) is 29.3. The minimum absolute atomic E-state index is 0.00428. The summed E-state index contributed by atoms with van der Waals surface area (Å²) in [4.78, 5) is 24.8. The van der Waals surface area contributed by atoms with E-state index in [9.17, 15) is 14.7 Å². The van der Waals surface area contributed by atoms with Crippen LogP contribution in [0.2, 0.25) is 0 Å². The molecule has 7 nitrogen and oxygen atoms in total. The SMILES string of the molecule is CC(=O)Nc1ccc(SCC2CC(c3ccc(CO)cc3)OC(c3ccc(CNC(=O)c4ccccc4)cc3)O2)cc1. The molecule has 0 aromatic heterocycles. The van der Waals surface area contributed by atoms with E-state index in [2.05, 4.69) is 10.6 Å². The number of ether oxygens (including phenoxy) is 2. The second-order valence-corrected chi connectivity index (χ2v) is 11.3. The molecule has 3 atom stereocenters. The minimum Gasteiger partial charge on any atom is -0.392 e. The van der Waals surface area contributed by atoms with Crippen LogP contribution < -0.4 is 10.6 Å². The Morgan fingerprint density at radius 1 is 0.833 bits per heavy atom. The van der Waals surface area contributed by atoms with Gasteiger partial charge in [0.05, 0.1) is 18.8 Å². The lowest BCUT2D eigenvalue weighted by atomic mass is 10.0. The van der Waals surface area contributed by atoms with Crippen LogP contribution in [0.4, 0.5) is 5.69 Å². The molecule has 1 fully saturated rings. The molecule has 0 spiro atoms. The lowest BCUT2D eigenvalue weighted by molar-refractivity contribution is -0.245. The fraction of sp³-hybridized carbons (Fsp3) is 0.235. The Hall–Kier alpha value is -3.95. The third kappa shape index (κ3) is 8.08. The molecule has 1 saturated heterocycles. The van der Waals surface area contributed by atoms with Crippen molar-refractivity contribution in [2.75, 3.05) is 11.1 Å². The Bertz CT molecular complexity index is 1460. The summed E-state index contributed by atoms with van der Waals surface area (Å²) in [5.74, 6) is 0.521. The van der Waals surface area contributed by atoms with E-state index in [4.69, 9.17) is 9.47 Å². The van der Waals surface area contributed by atoms with Crippen LogP contribution in [0.3, 0.4) is 0 Å². The second kappa shape index (κ2) is 14.3. The Morgan fingerprint density at radius 3 is 2.17 bits per heavy atom. The number of carbonyl (C=O) groups excluding carboxylic acids is 2. The number of aliphatic hydroxyl groups is 1. The van der Waals surface area contributed by atoms with E-state index in [0.29, 0.717) is 18.5 Å². The van der Waals surface area contributed by atoms with Gasteiger partial charge >= 0.3 is 0 Å². The van der Waals surface area contributed by atoms with Crippen LogP contribution in [-0.2, 0) is 27.4 Å². The first-order valence-electron chi connectivity index (χ1n) is 13.9. The molecule has 3 N–H and O–H groups in total. The Balaban J connectivity index is 1.26. The van der Waals surface area contributed by atoms with Gasteiger partial charge in [0.25, 0.3) is 5.91 Å². The highest BCUT2D eigenvalue weighted by Crippen LogP contribution is 2.39. The molecule has 0 radical (unpaired) electrons. The van der Waals surface area contributed by atoms with Gasteiger partial charge in [0, 0.05) is 47.4 Å². The molecular formula is C34H34N2O5S. The lowest BCUT2D eigenvalue weighted by Gasteiger charge is -2.36. The number of amides is 2. The maximum absolute atomic E-state index is 12.4. The van der Waals surface area contributed by atoms with E-state index in [0.717, 1.165) is 38.6 Å². The van der Waals surface area contributed by atoms with Gasteiger partial charge in [-0.15, -0.1) is 11.8 Å². The quantitative estimate of drug-likeness (QED) is 0.187. The number of carbonyl (C=O) groups is 2. The molecule has 2 amide bonds. The van der Waals surface area contributed by atoms with Gasteiger partial charge in [-0.05, 0) is 53.1 Å². The van der Waals surface area contributed by atoms with Gasteiger partial charge in [-0.3, -0.25) is 9.59 Å². The molecule has 0 saturated carbocycles. The summed E-state index contributed by atoms with van der Waals surface area (Å²) >= 11 is 1.70. The molecule has 5 rings (SSSR count). The summed E-state index contributed by atoms with van der Waals surface area (Å²) in [6.45, 7) is 1.91. The highest BCUT2D eigenvalue weighted by molar-refractivity contribution is 7.99. The summed E-state index contributed by atoms with van der Waals surface area (Å²) in [6.07, 6.45) is -0.109. The molecule has 0 aliphatic carbocycles. The van der Waals surface area contributed by atoms with Crippen LogP contribution >= 0.6 is 11.8 Å². The summed E-state index contributed by atoms with van der Waals surface area (Å²) in [5.41, 5.74) is 5.17. The zero-order valence-electron chi connectivity index (χ0n) is 23.4. The van der Waals surface area contributed by atoms with Crippen LogP contribution in [0, 0.1) is 0 Å². The van der Waals surface area contributed by atoms with Crippen LogP contribution in [0.5, 0.6) is 0 Å². The van der Waals surface area contributed by atoms with Crippen LogP contribution in [0.15, 0.2) is 108 Å². The average molecular weight is 583 g/mol. The molecular weight excluding hydrogens is 548 g/mol. The first kappa shape index (κ1) is 29.5. The van der Waals surface area contributed by atoms with Crippen molar-refractivity contribution in [2.45, 2.75) is 49.9 Å². The van der Waals surface area contributed by atoms with Gasteiger partial charge in [0.15, 0.2) is 6.29 Å². The highest BCUT2D eigenvalue weighted by Gasteiger charge is 2.32. The van der Waals surface area contributed by atoms with Crippen molar-refractivity contribution in [1.29, 1.82) is 0 Å². The van der Waals surface area contributed by atoms with Gasteiger partial charge < -0.3 is 25.2 Å². The largest absolute Gasteiger partial charge is 0.392 e. The molecule has 8 heteroatoms. The summed E-state index contributed by atoms with van der Waals surface area (Å²) in [7, 11) is 0. The topological polar surface area (TPSA) is 96.9 Å². The predicted molar refractivity (Wildman–Crippen MR) is 164 cm³/mol. The second-order valence-electron chi connectivity index (χ2n) is 10.2. The Morgan fingerprint density at radius 2 is 1.50 bits per heavy atom. The van der Waals surface area contributed by atoms with E-state index in [1.54, 1.807) is 23.9 Å². The van der Waals surface area contributed by atoms with Crippen LogP contribution in [0.25, 0.3) is 0 Å². The van der Waals surface area contributed by atoms with Gasteiger partial charge in [0.2, 0.25) is 5.91 Å². The number of hydrogen-bond donors (Lipinski definition) is 3. The van der Waals surface area contributed by atoms with E-state index in [1.807, 2.05) is 91.0 Å². The molecule has 42 heavy (non-hydrogen) atoms. The van der Waals surface area contributed by atoms with E-state index in [1.165, 1.54) is 6.92 Å². The first-order valence-corrected chi connectivity index (χ1v) is 14.9. The number of nitrogens with one attached hydrogen (secondary N) is 2. The number of thioether (sulfide) groups is 1. The van der Waals surface area contributed by atoms with E-state index in [-0.39, 0.29) is 30.6 Å². The maximum atomic E-state index is 12.4. The van der Waals surface area contributed by atoms with Crippen molar-refractivity contribution < 1.29 is 24.2 Å². The number of hydrogen-bond acceptors (Lipinski definition) is 6. The van der Waals surface area contributed by atoms with Crippen molar-refractivity contribution in [3.05, 3.63) is 131 Å². The monoisotopic (exact) mass is 582 g/mol. The summed E-state index contributed by atoms with van der Waals surface area (Å²) in [6, 6.07) is 32.7. The lowest BCUT2D eigenvalue weighted by Crippen LogP contribution is -2.31. The first-order chi connectivity index (χ1) is 20.5. The molecule has 1 aliphatic heterocycles. The Labute approximate surface area is 250 Å². The highest BCUT2D eigenvalue weighted by atomic mass is 32.2. The van der Waals surface area contributed by atoms with Crippen LogP contribution in [-0.4, -0.2) is 28.8 Å². The number of anilines is 1. The molecule has 1 aliphatic rings. The fourth-order valence-corrected chi connectivity index (χ4v) is 5.64. The van der Waals surface area contributed by atoms with Gasteiger partial charge in [-0.2, -0.15) is 0 Å². The van der Waals surface area contributed by atoms with Crippen molar-refractivity contribution >= 4 is 29.3 Å². The third-order valence-corrected chi connectivity index (χ3v) is 8.11. The molecule has 216 valence electrons. The van der Waals surface area contributed by atoms with Crippen molar-refractivity contribution in [2.24, 2.45) is 0 Å². The van der Waals surface area contributed by atoms with Crippen molar-refractivity contribution in [1.82, 2.24) is 5.32 Å². The molecule has 0 bridgehead atoms. The average Bonchev–Trinajstić information content (AvgIpc) is 3.03. The van der Waals surface area contributed by atoms with Crippen molar-refractivity contribution in [3.8, 4) is 0 Å².